The lowest BCUT2D eigenvalue weighted by Crippen LogP contribution is -2.14. The van der Waals surface area contributed by atoms with Crippen molar-refractivity contribution in [2.24, 2.45) is 0 Å². The Bertz CT molecular complexity index is 487. The van der Waals surface area contributed by atoms with Crippen LogP contribution in [0.2, 0.25) is 0 Å². The van der Waals surface area contributed by atoms with Gasteiger partial charge in [0.25, 0.3) is 0 Å². The van der Waals surface area contributed by atoms with Crippen molar-refractivity contribution in [3.05, 3.63) is 30.2 Å². The third-order valence-electron chi connectivity index (χ3n) is 2.02. The Kier molecular flexibility index (Phi) is 1.14. The van der Waals surface area contributed by atoms with Crippen molar-refractivity contribution in [3.63, 3.8) is 0 Å². The first-order chi connectivity index (χ1) is 6.45. The van der Waals surface area contributed by atoms with Crippen LogP contribution >= 0.6 is 0 Å². The molecule has 0 radical (unpaired) electrons. The molecule has 3 rings (SSSR count). The summed E-state index contributed by atoms with van der Waals surface area (Å²) in [5.74, 6) is 0.765. The van der Waals surface area contributed by atoms with E-state index in [1.54, 1.807) is 12.5 Å². The topological polar surface area (TPSA) is 47.3 Å². The molecule has 1 aromatic heterocycles. The predicted molar refractivity (Wildman–Crippen MR) is 46.8 cm³/mol. The first-order valence-electron chi connectivity index (χ1n) is 3.91. The van der Waals surface area contributed by atoms with Gasteiger partial charge < -0.3 is 9.36 Å². The maximum atomic E-state index is 5.26. The van der Waals surface area contributed by atoms with Crippen LogP contribution in [0.25, 0.3) is 17.0 Å². The molecule has 1 aliphatic heterocycles. The fourth-order valence-electron chi connectivity index (χ4n) is 1.40. The molecule has 0 saturated carbocycles. The number of aromatic nitrogens is 1. The van der Waals surface area contributed by atoms with E-state index in [9.17, 15) is 0 Å². The highest BCUT2D eigenvalue weighted by atomic mass is 16.6. The van der Waals surface area contributed by atoms with Gasteiger partial charge in [-0.25, -0.2) is 5.48 Å². The molecule has 4 heteroatoms. The van der Waals surface area contributed by atoms with E-state index < -0.39 is 0 Å². The van der Waals surface area contributed by atoms with Gasteiger partial charge in [-0.15, -0.1) is 0 Å². The molecule has 0 unspecified atom stereocenters. The van der Waals surface area contributed by atoms with E-state index in [1.807, 2.05) is 18.2 Å². The number of nitrogens with one attached hydrogen (secondary N) is 1. The second-order valence-electron chi connectivity index (χ2n) is 2.78. The molecule has 0 bridgehead atoms. The average Bonchev–Trinajstić information content (AvgIpc) is 2.65. The molecule has 2 heterocycles. The number of hydroxylamine groups is 1. The van der Waals surface area contributed by atoms with Crippen LogP contribution in [-0.2, 0) is 0 Å². The molecule has 13 heavy (non-hydrogen) atoms. The van der Waals surface area contributed by atoms with Crippen molar-refractivity contribution >= 4 is 17.0 Å². The molecule has 0 atom stereocenters. The summed E-state index contributed by atoms with van der Waals surface area (Å²) in [5.41, 5.74) is 4.50. The van der Waals surface area contributed by atoms with E-state index in [1.165, 1.54) is 0 Å². The highest BCUT2D eigenvalue weighted by molar-refractivity contribution is 5.88. The highest BCUT2D eigenvalue weighted by Gasteiger charge is 2.12. The summed E-state index contributed by atoms with van der Waals surface area (Å²) >= 11 is 0. The van der Waals surface area contributed by atoms with Crippen LogP contribution in [0.4, 0.5) is 0 Å². The minimum absolute atomic E-state index is 0.765. The van der Waals surface area contributed by atoms with Gasteiger partial charge in [-0.05, 0) is 18.2 Å². The van der Waals surface area contributed by atoms with Crippen molar-refractivity contribution < 1.29 is 9.36 Å². The molecule has 0 spiro atoms. The molecular weight excluding hydrogens is 168 g/mol. The molecule has 0 fully saturated rings. The van der Waals surface area contributed by atoms with Gasteiger partial charge >= 0.3 is 0 Å². The lowest BCUT2D eigenvalue weighted by molar-refractivity contribution is 0.242. The molecule has 1 N–H and O–H groups in total. The molecule has 4 nitrogen and oxygen atoms in total. The Morgan fingerprint density at radius 2 is 2.31 bits per heavy atom. The van der Waals surface area contributed by atoms with Gasteiger partial charge in [-0.1, -0.05) is 5.16 Å². The van der Waals surface area contributed by atoms with Gasteiger partial charge in [-0.2, -0.15) is 0 Å². The SMILES string of the molecule is C1=Cc2ccc3nocc3c2ON1. The summed E-state index contributed by atoms with van der Waals surface area (Å²) in [6.45, 7) is 0. The van der Waals surface area contributed by atoms with E-state index in [0.717, 1.165) is 22.2 Å². The van der Waals surface area contributed by atoms with Crippen molar-refractivity contribution in [2.45, 2.75) is 0 Å². The zero-order valence-electron chi connectivity index (χ0n) is 6.65. The Morgan fingerprint density at radius 1 is 1.31 bits per heavy atom. The van der Waals surface area contributed by atoms with E-state index >= 15 is 0 Å². The summed E-state index contributed by atoms with van der Waals surface area (Å²) in [6, 6.07) is 3.84. The molecule has 1 aromatic carbocycles. The Morgan fingerprint density at radius 3 is 3.31 bits per heavy atom. The van der Waals surface area contributed by atoms with E-state index in [0.29, 0.717) is 0 Å². The number of benzene rings is 1. The largest absolute Gasteiger partial charge is 0.381 e. The normalized spacial score (nSPS) is 13.5. The van der Waals surface area contributed by atoms with Gasteiger partial charge in [0.15, 0.2) is 5.75 Å². The Balaban J connectivity index is 2.42. The second-order valence-corrected chi connectivity index (χ2v) is 2.78. The predicted octanol–water partition coefficient (Wildman–Crippen LogP) is 1.70. The number of nitrogens with zero attached hydrogens (tertiary/aromatic N) is 1. The van der Waals surface area contributed by atoms with Crippen LogP contribution in [0, 0.1) is 0 Å². The minimum Gasteiger partial charge on any atom is -0.381 e. The van der Waals surface area contributed by atoms with Crippen molar-refractivity contribution in [2.75, 3.05) is 0 Å². The maximum Gasteiger partial charge on any atom is 0.175 e. The minimum atomic E-state index is 0.765. The Hall–Kier alpha value is -1.97. The number of hydrogen-bond acceptors (Lipinski definition) is 4. The summed E-state index contributed by atoms with van der Waals surface area (Å²) in [4.78, 5) is 5.26. The van der Waals surface area contributed by atoms with Crippen LogP contribution in [0.15, 0.2) is 29.1 Å². The van der Waals surface area contributed by atoms with Crippen LogP contribution in [0.3, 0.4) is 0 Å². The molecule has 0 saturated heterocycles. The quantitative estimate of drug-likeness (QED) is 0.660. The Labute approximate surface area is 73.7 Å². The van der Waals surface area contributed by atoms with Crippen LogP contribution in [0.1, 0.15) is 5.56 Å². The van der Waals surface area contributed by atoms with Crippen molar-refractivity contribution in [1.82, 2.24) is 10.6 Å². The lowest BCUT2D eigenvalue weighted by Gasteiger charge is -2.12. The number of rotatable bonds is 0. The third-order valence-corrected chi connectivity index (χ3v) is 2.02. The van der Waals surface area contributed by atoms with Gasteiger partial charge in [0, 0.05) is 11.8 Å². The standard InChI is InChI=1S/C9H6N2O2/c1-2-8-7(5-12-11-8)9-6(1)3-4-10-13-9/h1-5,10H. The summed E-state index contributed by atoms with van der Waals surface area (Å²) in [6.07, 6.45) is 5.25. The highest BCUT2D eigenvalue weighted by Crippen LogP contribution is 2.31. The maximum absolute atomic E-state index is 5.26. The summed E-state index contributed by atoms with van der Waals surface area (Å²) in [5, 5.41) is 4.70. The molecule has 2 aromatic rings. The van der Waals surface area contributed by atoms with Gasteiger partial charge in [-0.3, -0.25) is 0 Å². The molecular formula is C9H6N2O2. The van der Waals surface area contributed by atoms with Crippen LogP contribution < -0.4 is 10.3 Å². The van der Waals surface area contributed by atoms with Gasteiger partial charge in [0.1, 0.15) is 11.8 Å². The number of fused-ring (bicyclic) bond motifs is 3. The van der Waals surface area contributed by atoms with Crippen molar-refractivity contribution in [1.29, 1.82) is 0 Å². The second kappa shape index (κ2) is 2.26. The molecule has 0 amide bonds. The lowest BCUT2D eigenvalue weighted by atomic mass is 10.1. The molecule has 0 aliphatic carbocycles. The zero-order valence-corrected chi connectivity index (χ0v) is 6.65. The summed E-state index contributed by atoms with van der Waals surface area (Å²) in [7, 11) is 0. The zero-order chi connectivity index (χ0) is 8.67. The first kappa shape index (κ1) is 6.54. The smallest absolute Gasteiger partial charge is 0.175 e. The van der Waals surface area contributed by atoms with Crippen LogP contribution in [-0.4, -0.2) is 5.16 Å². The van der Waals surface area contributed by atoms with E-state index in [4.69, 9.17) is 9.36 Å². The van der Waals surface area contributed by atoms with Gasteiger partial charge in [0.05, 0.1) is 5.39 Å². The van der Waals surface area contributed by atoms with E-state index in [2.05, 4.69) is 10.6 Å². The van der Waals surface area contributed by atoms with Gasteiger partial charge in [0.2, 0.25) is 0 Å². The first-order valence-corrected chi connectivity index (χ1v) is 3.91. The third kappa shape index (κ3) is 0.823. The molecule has 64 valence electrons. The van der Waals surface area contributed by atoms with E-state index in [-0.39, 0.29) is 0 Å². The fraction of sp³-hybridized carbons (Fsp3) is 0. The van der Waals surface area contributed by atoms with Crippen LogP contribution in [0.5, 0.6) is 5.75 Å². The van der Waals surface area contributed by atoms with Crippen molar-refractivity contribution in [3.8, 4) is 5.75 Å². The fourth-order valence-corrected chi connectivity index (χ4v) is 1.40. The summed E-state index contributed by atoms with van der Waals surface area (Å²) < 4.78 is 4.85. The average molecular weight is 174 g/mol. The molecule has 1 aliphatic rings. The monoisotopic (exact) mass is 174 g/mol. The number of hydrogen-bond donors (Lipinski definition) is 1.